The highest BCUT2D eigenvalue weighted by Crippen LogP contribution is 2.26. The summed E-state index contributed by atoms with van der Waals surface area (Å²) in [7, 11) is 0. The van der Waals surface area contributed by atoms with Crippen LogP contribution >= 0.6 is 47.8 Å². The topological polar surface area (TPSA) is 152 Å². The summed E-state index contributed by atoms with van der Waals surface area (Å²) in [6.07, 6.45) is 0. The number of halogens is 3. The van der Waals surface area contributed by atoms with Crippen LogP contribution in [-0.4, -0.2) is 31.9 Å². The highest BCUT2D eigenvalue weighted by Gasteiger charge is 2.08. The molecule has 0 unspecified atom stereocenters. The van der Waals surface area contributed by atoms with Gasteiger partial charge in [-0.05, 0) is 54.6 Å². The van der Waals surface area contributed by atoms with Crippen LogP contribution in [0.4, 0.5) is 0 Å². The number of amides is 1. The van der Waals surface area contributed by atoms with Gasteiger partial charge in [0.05, 0.1) is 0 Å². The number of benzene rings is 3. The Kier molecular flexibility index (Phi) is 8.36. The standard InChI is InChI=1S/C9H7BrN2O.C9H5BrN2.C9H6BrNO2/c10-6-2-1-3-7-5(6)4-8(12-7)9(11)13;10-8-2-1-3-9-7(8)4-6(5-11)12-9;10-6-2-1-3-7-5(6)4-8(11-7)9(12)13/h1-4,12H,(H2,11,13);1-4,12H;1-4,11H,(H,12,13). The highest BCUT2D eigenvalue weighted by molar-refractivity contribution is 9.11. The predicted octanol–water partition coefficient (Wildman–Crippen LogP) is 7.46. The Hall–Kier alpha value is -3.85. The average molecular weight is 700 g/mol. The molecule has 11 heteroatoms. The van der Waals surface area contributed by atoms with Crippen LogP contribution in [0.25, 0.3) is 32.7 Å². The summed E-state index contributed by atoms with van der Waals surface area (Å²) in [5.74, 6) is -1.38. The lowest BCUT2D eigenvalue weighted by molar-refractivity contribution is 0.0691. The van der Waals surface area contributed by atoms with Gasteiger partial charge in [0.2, 0.25) is 0 Å². The molecule has 6 rings (SSSR count). The molecule has 0 aliphatic rings. The molecule has 0 aliphatic heterocycles. The smallest absolute Gasteiger partial charge is 0.352 e. The number of rotatable bonds is 2. The number of aromatic amines is 3. The molecular formula is C27H18Br3N5O3. The van der Waals surface area contributed by atoms with Gasteiger partial charge in [-0.1, -0.05) is 66.0 Å². The lowest BCUT2D eigenvalue weighted by atomic mass is 10.2. The van der Waals surface area contributed by atoms with E-state index >= 15 is 0 Å². The Balaban J connectivity index is 0.000000133. The van der Waals surface area contributed by atoms with Crippen LogP contribution in [0.3, 0.4) is 0 Å². The number of fused-ring (bicyclic) bond motifs is 3. The van der Waals surface area contributed by atoms with Crippen LogP contribution in [-0.2, 0) is 0 Å². The van der Waals surface area contributed by atoms with Crippen molar-refractivity contribution in [2.45, 2.75) is 0 Å². The Morgan fingerprint density at radius 3 is 1.53 bits per heavy atom. The summed E-state index contributed by atoms with van der Waals surface area (Å²) in [4.78, 5) is 30.2. The van der Waals surface area contributed by atoms with Crippen molar-refractivity contribution in [3.63, 3.8) is 0 Å². The molecule has 38 heavy (non-hydrogen) atoms. The maximum absolute atomic E-state index is 10.9. The van der Waals surface area contributed by atoms with E-state index in [9.17, 15) is 9.59 Å². The van der Waals surface area contributed by atoms with Crippen molar-refractivity contribution in [2.75, 3.05) is 0 Å². The number of nitrogens with zero attached hydrogens (tertiary/aromatic N) is 1. The van der Waals surface area contributed by atoms with E-state index in [2.05, 4.69) is 68.8 Å². The van der Waals surface area contributed by atoms with Crippen molar-refractivity contribution in [3.8, 4) is 6.07 Å². The van der Waals surface area contributed by atoms with E-state index in [4.69, 9.17) is 16.1 Å². The summed E-state index contributed by atoms with van der Waals surface area (Å²) in [6.45, 7) is 0. The van der Waals surface area contributed by atoms with Crippen molar-refractivity contribution in [1.29, 1.82) is 5.26 Å². The molecule has 0 atom stereocenters. The molecule has 0 spiro atoms. The van der Waals surface area contributed by atoms with Crippen LogP contribution in [0.1, 0.15) is 26.7 Å². The van der Waals surface area contributed by atoms with Crippen molar-refractivity contribution in [1.82, 2.24) is 15.0 Å². The first-order valence-electron chi connectivity index (χ1n) is 10.9. The predicted molar refractivity (Wildman–Crippen MR) is 158 cm³/mol. The monoisotopic (exact) mass is 697 g/mol. The van der Waals surface area contributed by atoms with Crippen LogP contribution in [0.15, 0.2) is 86.2 Å². The zero-order valence-electron chi connectivity index (χ0n) is 19.4. The molecule has 0 saturated heterocycles. The number of aromatic carboxylic acids is 1. The molecule has 0 radical (unpaired) electrons. The molecule has 8 nitrogen and oxygen atoms in total. The number of carbonyl (C=O) groups excluding carboxylic acids is 1. The van der Waals surface area contributed by atoms with Gasteiger partial charge in [0.1, 0.15) is 23.2 Å². The number of hydrogen-bond acceptors (Lipinski definition) is 3. The molecule has 3 aromatic heterocycles. The van der Waals surface area contributed by atoms with Gasteiger partial charge in [-0.15, -0.1) is 0 Å². The van der Waals surface area contributed by atoms with Crippen molar-refractivity contribution in [3.05, 3.63) is 103 Å². The van der Waals surface area contributed by atoms with Crippen LogP contribution < -0.4 is 5.73 Å². The van der Waals surface area contributed by atoms with Crippen molar-refractivity contribution < 1.29 is 14.7 Å². The van der Waals surface area contributed by atoms with Gasteiger partial charge in [0.15, 0.2) is 0 Å². The fourth-order valence-electron chi connectivity index (χ4n) is 3.66. The lowest BCUT2D eigenvalue weighted by Gasteiger charge is -1.90. The number of nitrogens with two attached hydrogens (primary N) is 1. The number of primary amides is 1. The second-order valence-electron chi connectivity index (χ2n) is 7.93. The Morgan fingerprint density at radius 2 is 1.13 bits per heavy atom. The molecule has 0 bridgehead atoms. The molecule has 3 heterocycles. The summed E-state index contributed by atoms with van der Waals surface area (Å²) < 4.78 is 2.86. The van der Waals surface area contributed by atoms with Crippen LogP contribution in [0, 0.1) is 11.3 Å². The second kappa shape index (κ2) is 11.7. The third kappa shape index (κ3) is 5.99. The van der Waals surface area contributed by atoms with E-state index in [-0.39, 0.29) is 5.69 Å². The quantitative estimate of drug-likeness (QED) is 0.127. The number of carboxylic acids is 1. The minimum Gasteiger partial charge on any atom is -0.477 e. The Bertz CT molecular complexity index is 1760. The van der Waals surface area contributed by atoms with Gasteiger partial charge in [-0.25, -0.2) is 4.79 Å². The summed E-state index contributed by atoms with van der Waals surface area (Å²) in [5, 5.41) is 20.3. The first-order chi connectivity index (χ1) is 18.2. The molecule has 6 aromatic rings. The van der Waals surface area contributed by atoms with Gasteiger partial charge >= 0.3 is 5.97 Å². The van der Waals surface area contributed by atoms with Crippen LogP contribution in [0.5, 0.6) is 0 Å². The van der Waals surface area contributed by atoms with E-state index in [0.717, 1.165) is 46.1 Å². The zero-order valence-corrected chi connectivity index (χ0v) is 24.1. The molecule has 1 amide bonds. The third-order valence-electron chi connectivity index (χ3n) is 5.45. The SMILES string of the molecule is N#Cc1cc2c(Br)cccc2[nH]1.NC(=O)c1cc2c(Br)cccc2[nH]1.O=C(O)c1cc2c(Br)cccc2[nH]1. The molecule has 3 aromatic carbocycles. The molecule has 190 valence electrons. The maximum atomic E-state index is 10.9. The van der Waals surface area contributed by atoms with Crippen LogP contribution in [0.2, 0.25) is 0 Å². The van der Waals surface area contributed by atoms with Gasteiger partial charge in [-0.2, -0.15) is 5.26 Å². The number of aromatic nitrogens is 3. The molecule has 0 fully saturated rings. The minimum absolute atomic E-state index is 0.210. The first-order valence-corrected chi connectivity index (χ1v) is 13.3. The average Bonchev–Trinajstić information content (AvgIpc) is 3.62. The third-order valence-corrected chi connectivity index (χ3v) is 7.52. The molecule has 0 aliphatic carbocycles. The van der Waals surface area contributed by atoms with Crippen molar-refractivity contribution >= 4 is 92.4 Å². The second-order valence-corrected chi connectivity index (χ2v) is 10.5. The first kappa shape index (κ1) is 27.2. The number of carbonyl (C=O) groups is 2. The number of hydrogen-bond donors (Lipinski definition) is 5. The summed E-state index contributed by atoms with van der Waals surface area (Å²) in [5.41, 5.74) is 9.10. The summed E-state index contributed by atoms with van der Waals surface area (Å²) >= 11 is 10.1. The maximum Gasteiger partial charge on any atom is 0.352 e. The number of carboxylic acid groups (broad SMARTS) is 1. The largest absolute Gasteiger partial charge is 0.477 e. The Morgan fingerprint density at radius 1 is 0.711 bits per heavy atom. The van der Waals surface area contributed by atoms with E-state index in [1.165, 1.54) is 0 Å². The fraction of sp³-hybridized carbons (Fsp3) is 0. The number of H-pyrrole nitrogens is 3. The van der Waals surface area contributed by atoms with Gasteiger partial charge in [-0.3, -0.25) is 4.79 Å². The van der Waals surface area contributed by atoms with Gasteiger partial charge < -0.3 is 25.8 Å². The number of nitriles is 1. The van der Waals surface area contributed by atoms with E-state index in [1.807, 2.05) is 60.7 Å². The molecule has 6 N–H and O–H groups in total. The highest BCUT2D eigenvalue weighted by atomic mass is 79.9. The fourth-order valence-corrected chi connectivity index (χ4v) is 5.10. The van der Waals surface area contributed by atoms with Gasteiger partial charge in [0.25, 0.3) is 5.91 Å². The summed E-state index contributed by atoms with van der Waals surface area (Å²) in [6, 6.07) is 24.4. The Labute approximate surface area is 241 Å². The minimum atomic E-state index is -0.942. The van der Waals surface area contributed by atoms with E-state index in [1.54, 1.807) is 12.1 Å². The number of nitrogens with one attached hydrogen (secondary N) is 3. The lowest BCUT2D eigenvalue weighted by Crippen LogP contribution is -2.10. The molecule has 0 saturated carbocycles. The zero-order chi connectivity index (χ0) is 27.4. The van der Waals surface area contributed by atoms with Crippen molar-refractivity contribution in [2.24, 2.45) is 5.73 Å². The normalized spacial score (nSPS) is 10.4. The van der Waals surface area contributed by atoms with Gasteiger partial charge in [0, 0.05) is 46.1 Å². The molecular weight excluding hydrogens is 682 g/mol. The van der Waals surface area contributed by atoms with E-state index < -0.39 is 11.9 Å². The van der Waals surface area contributed by atoms with E-state index in [0.29, 0.717) is 11.4 Å².